The predicted octanol–water partition coefficient (Wildman–Crippen LogP) is 6.87. The number of aryl methyl sites for hydroxylation is 1. The van der Waals surface area contributed by atoms with Crippen molar-refractivity contribution in [3.8, 4) is 17.2 Å². The van der Waals surface area contributed by atoms with Gasteiger partial charge in [0.2, 0.25) is 0 Å². The van der Waals surface area contributed by atoms with Crippen molar-refractivity contribution in [2.75, 3.05) is 5.75 Å². The van der Waals surface area contributed by atoms with Gasteiger partial charge in [-0.05, 0) is 53.5 Å². The van der Waals surface area contributed by atoms with Gasteiger partial charge in [-0.25, -0.2) is 4.98 Å². The summed E-state index contributed by atoms with van der Waals surface area (Å²) in [6.45, 7) is 0. The largest absolute Gasteiger partial charge is 0.293 e. The molecule has 1 aliphatic carbocycles. The highest BCUT2D eigenvalue weighted by atomic mass is 32.2. The van der Waals surface area contributed by atoms with E-state index in [9.17, 15) is 10.1 Å². The highest BCUT2D eigenvalue weighted by Gasteiger charge is 2.23. The molecule has 0 saturated carbocycles. The summed E-state index contributed by atoms with van der Waals surface area (Å²) in [6.07, 6.45) is 2.84. The van der Waals surface area contributed by atoms with Gasteiger partial charge in [-0.15, -0.1) is 0 Å². The molecule has 34 heavy (non-hydrogen) atoms. The minimum Gasteiger partial charge on any atom is -0.293 e. The zero-order chi connectivity index (χ0) is 23.3. The molecule has 0 radical (unpaired) electrons. The Labute approximate surface area is 204 Å². The monoisotopic (exact) mass is 460 g/mol. The Balaban J connectivity index is 1.28. The van der Waals surface area contributed by atoms with Crippen molar-refractivity contribution in [2.24, 2.45) is 0 Å². The number of nitrogens with zero attached hydrogens (tertiary/aromatic N) is 2. The van der Waals surface area contributed by atoms with E-state index in [1.165, 1.54) is 17.3 Å². The molecule has 4 aromatic rings. The summed E-state index contributed by atoms with van der Waals surface area (Å²) in [5.74, 6) is 0.760. The smallest absolute Gasteiger partial charge is 0.173 e. The maximum atomic E-state index is 12.8. The molecule has 0 bridgehead atoms. The first-order valence-corrected chi connectivity index (χ1v) is 12.5. The summed E-state index contributed by atoms with van der Waals surface area (Å²) < 4.78 is 0. The summed E-state index contributed by atoms with van der Waals surface area (Å²) in [4.78, 5) is 17.6. The topological polar surface area (TPSA) is 53.8 Å². The fraction of sp³-hybridized carbons (Fsp3) is 0.167. The maximum absolute atomic E-state index is 12.8. The number of fused-ring (bicyclic) bond motifs is 1. The number of pyridine rings is 1. The van der Waals surface area contributed by atoms with Gasteiger partial charge in [0, 0.05) is 11.3 Å². The second-order valence-corrected chi connectivity index (χ2v) is 9.53. The minimum absolute atomic E-state index is 0.0390. The van der Waals surface area contributed by atoms with Crippen molar-refractivity contribution in [1.82, 2.24) is 4.98 Å². The van der Waals surface area contributed by atoms with E-state index in [0.29, 0.717) is 22.1 Å². The second kappa shape index (κ2) is 10.1. The van der Waals surface area contributed by atoms with Crippen LogP contribution in [-0.4, -0.2) is 16.5 Å². The van der Waals surface area contributed by atoms with Gasteiger partial charge < -0.3 is 0 Å². The molecule has 5 rings (SSSR count). The number of carbonyl (C=O) groups is 1. The van der Waals surface area contributed by atoms with Crippen LogP contribution in [0.3, 0.4) is 0 Å². The first-order valence-electron chi connectivity index (χ1n) is 11.5. The summed E-state index contributed by atoms with van der Waals surface area (Å²) >= 11 is 1.36. The van der Waals surface area contributed by atoms with Crippen LogP contribution in [0.1, 0.15) is 45.1 Å². The predicted molar refractivity (Wildman–Crippen MR) is 137 cm³/mol. The number of hydrogen-bond acceptors (Lipinski definition) is 4. The quantitative estimate of drug-likeness (QED) is 0.233. The SMILES string of the molecule is N#Cc1cc2c(nc1SCC(=O)c1ccc(-c3ccccc3)cc1)CCC(c1ccccc1)C2. The molecule has 1 aliphatic rings. The van der Waals surface area contributed by atoms with Crippen LogP contribution in [-0.2, 0) is 12.8 Å². The Bertz CT molecular complexity index is 1340. The van der Waals surface area contributed by atoms with Gasteiger partial charge in [-0.3, -0.25) is 4.79 Å². The molecule has 3 aromatic carbocycles. The summed E-state index contributed by atoms with van der Waals surface area (Å²) in [5.41, 5.74) is 7.01. The van der Waals surface area contributed by atoms with E-state index in [4.69, 9.17) is 4.98 Å². The van der Waals surface area contributed by atoms with Crippen LogP contribution in [0.25, 0.3) is 11.1 Å². The zero-order valence-electron chi connectivity index (χ0n) is 18.8. The average Bonchev–Trinajstić information content (AvgIpc) is 2.92. The number of nitriles is 1. The number of ketones is 1. The summed E-state index contributed by atoms with van der Waals surface area (Å²) in [5, 5.41) is 10.4. The Morgan fingerprint density at radius 3 is 2.32 bits per heavy atom. The molecule has 0 amide bonds. The lowest BCUT2D eigenvalue weighted by Gasteiger charge is -2.25. The standard InChI is InChI=1S/C30H24N2OS/c31-19-27-18-26-17-25(22-9-5-2-6-10-22)15-16-28(26)32-30(27)34-20-29(33)24-13-11-23(12-14-24)21-7-3-1-4-8-21/h1-14,18,25H,15-17,20H2. The Kier molecular flexibility index (Phi) is 6.56. The first kappa shape index (κ1) is 22.1. The number of thioether (sulfide) groups is 1. The number of carbonyl (C=O) groups excluding carboxylic acids is 1. The Hall–Kier alpha value is -3.68. The Morgan fingerprint density at radius 2 is 1.62 bits per heavy atom. The normalized spacial score (nSPS) is 14.7. The number of benzene rings is 3. The van der Waals surface area contributed by atoms with Crippen molar-refractivity contribution in [2.45, 2.75) is 30.2 Å². The molecule has 1 atom stereocenters. The first-order chi connectivity index (χ1) is 16.7. The van der Waals surface area contributed by atoms with Gasteiger partial charge in [0.15, 0.2) is 5.78 Å². The summed E-state index contributed by atoms with van der Waals surface area (Å²) in [7, 11) is 0. The molecule has 3 nitrogen and oxygen atoms in total. The van der Waals surface area contributed by atoms with Crippen LogP contribution in [0.2, 0.25) is 0 Å². The van der Waals surface area contributed by atoms with Crippen molar-refractivity contribution in [3.63, 3.8) is 0 Å². The number of Topliss-reactive ketones (excluding diaryl/α,β-unsaturated/α-hetero) is 1. The number of rotatable bonds is 6. The van der Waals surface area contributed by atoms with E-state index in [1.54, 1.807) is 0 Å². The fourth-order valence-corrected chi connectivity index (χ4v) is 5.41. The second-order valence-electron chi connectivity index (χ2n) is 8.56. The van der Waals surface area contributed by atoms with Crippen LogP contribution >= 0.6 is 11.8 Å². The van der Waals surface area contributed by atoms with E-state index in [1.807, 2.05) is 54.6 Å². The van der Waals surface area contributed by atoms with Crippen molar-refractivity contribution < 1.29 is 4.79 Å². The van der Waals surface area contributed by atoms with Gasteiger partial charge >= 0.3 is 0 Å². The van der Waals surface area contributed by atoms with Crippen molar-refractivity contribution in [3.05, 3.63) is 119 Å². The molecular formula is C30H24N2OS. The van der Waals surface area contributed by atoms with E-state index in [-0.39, 0.29) is 11.5 Å². The third-order valence-electron chi connectivity index (χ3n) is 6.40. The number of aromatic nitrogens is 1. The van der Waals surface area contributed by atoms with Gasteiger partial charge in [0.1, 0.15) is 11.1 Å². The molecule has 0 aliphatic heterocycles. The third-order valence-corrected chi connectivity index (χ3v) is 7.39. The molecular weight excluding hydrogens is 436 g/mol. The lowest BCUT2D eigenvalue weighted by atomic mass is 9.82. The van der Waals surface area contributed by atoms with Gasteiger partial charge in [-0.2, -0.15) is 5.26 Å². The highest BCUT2D eigenvalue weighted by molar-refractivity contribution is 8.00. The van der Waals surface area contributed by atoms with Crippen molar-refractivity contribution >= 4 is 17.5 Å². The molecule has 1 aromatic heterocycles. The van der Waals surface area contributed by atoms with Gasteiger partial charge in [0.05, 0.1) is 11.3 Å². The molecule has 0 spiro atoms. The van der Waals surface area contributed by atoms with E-state index in [0.717, 1.165) is 41.6 Å². The van der Waals surface area contributed by atoms with Crippen LogP contribution < -0.4 is 0 Å². The van der Waals surface area contributed by atoms with Gasteiger partial charge in [0.25, 0.3) is 0 Å². The van der Waals surface area contributed by atoms with Gasteiger partial charge in [-0.1, -0.05) is 96.7 Å². The lowest BCUT2D eigenvalue weighted by Crippen LogP contribution is -2.15. The molecule has 1 heterocycles. The molecule has 0 N–H and O–H groups in total. The molecule has 0 saturated heterocycles. The van der Waals surface area contributed by atoms with E-state index >= 15 is 0 Å². The molecule has 0 fully saturated rings. The van der Waals surface area contributed by atoms with E-state index < -0.39 is 0 Å². The zero-order valence-corrected chi connectivity index (χ0v) is 19.6. The minimum atomic E-state index is 0.0390. The average molecular weight is 461 g/mol. The molecule has 166 valence electrons. The van der Waals surface area contributed by atoms with Crippen LogP contribution in [0.4, 0.5) is 0 Å². The van der Waals surface area contributed by atoms with Crippen LogP contribution in [0, 0.1) is 11.3 Å². The highest BCUT2D eigenvalue weighted by Crippen LogP contribution is 2.34. The van der Waals surface area contributed by atoms with E-state index in [2.05, 4.69) is 42.5 Å². The molecule has 4 heteroatoms. The maximum Gasteiger partial charge on any atom is 0.173 e. The Morgan fingerprint density at radius 1 is 0.941 bits per heavy atom. The molecule has 1 unspecified atom stereocenters. The fourth-order valence-electron chi connectivity index (χ4n) is 4.54. The lowest BCUT2D eigenvalue weighted by molar-refractivity contribution is 0.102. The van der Waals surface area contributed by atoms with Crippen LogP contribution in [0.15, 0.2) is 96.0 Å². The summed E-state index contributed by atoms with van der Waals surface area (Å²) in [6, 6.07) is 32.7. The van der Waals surface area contributed by atoms with Crippen LogP contribution in [0.5, 0.6) is 0 Å². The van der Waals surface area contributed by atoms with Crippen molar-refractivity contribution in [1.29, 1.82) is 5.26 Å². The third kappa shape index (κ3) is 4.81. The number of hydrogen-bond donors (Lipinski definition) is 0.